The number of ether oxygens (including phenoxy) is 1. The van der Waals surface area contributed by atoms with Gasteiger partial charge in [-0.1, -0.05) is 35.9 Å². The van der Waals surface area contributed by atoms with Crippen molar-refractivity contribution in [3.8, 4) is 0 Å². The summed E-state index contributed by atoms with van der Waals surface area (Å²) < 4.78 is 5.08. The number of nitrogens with one attached hydrogen (secondary N) is 2. The average Bonchev–Trinajstić information content (AvgIpc) is 2.62. The van der Waals surface area contributed by atoms with Gasteiger partial charge in [0.1, 0.15) is 0 Å². The number of fused-ring (bicyclic) bond motifs is 1. The minimum Gasteiger partial charge on any atom is -0.452 e. The smallest absolute Gasteiger partial charge is 0.339 e. The van der Waals surface area contributed by atoms with E-state index in [2.05, 4.69) is 10.3 Å². The van der Waals surface area contributed by atoms with E-state index in [0.29, 0.717) is 21.6 Å². The molecule has 0 aliphatic carbocycles. The first kappa shape index (κ1) is 18.7. The number of para-hydroxylation sites is 1. The third-order valence-electron chi connectivity index (χ3n) is 4.00. The molecule has 1 amide bonds. The summed E-state index contributed by atoms with van der Waals surface area (Å²) in [7, 11) is 0. The Morgan fingerprint density at radius 1 is 1.15 bits per heavy atom. The minimum absolute atomic E-state index is 0.103. The first-order valence-corrected chi connectivity index (χ1v) is 8.59. The van der Waals surface area contributed by atoms with Crippen molar-refractivity contribution >= 4 is 40.1 Å². The molecule has 0 atom stereocenters. The fourth-order valence-corrected chi connectivity index (χ4v) is 3.20. The van der Waals surface area contributed by atoms with Gasteiger partial charge in [0, 0.05) is 17.0 Å². The summed E-state index contributed by atoms with van der Waals surface area (Å²) in [4.78, 5) is 38.9. The molecule has 3 aromatic rings. The van der Waals surface area contributed by atoms with Crippen LogP contribution in [0.4, 0.5) is 5.69 Å². The molecule has 0 bridgehead atoms. The fourth-order valence-electron chi connectivity index (χ4n) is 2.83. The lowest BCUT2D eigenvalue weighted by atomic mass is 10.1. The second-order valence-electron chi connectivity index (χ2n) is 6.16. The van der Waals surface area contributed by atoms with Crippen LogP contribution < -0.4 is 10.9 Å². The number of carbonyl (C=O) groups excluding carboxylic acids is 2. The van der Waals surface area contributed by atoms with Crippen LogP contribution in [0.3, 0.4) is 0 Å². The van der Waals surface area contributed by atoms with Gasteiger partial charge in [0.05, 0.1) is 16.3 Å². The van der Waals surface area contributed by atoms with Crippen molar-refractivity contribution in [2.24, 2.45) is 0 Å². The Labute approximate surface area is 160 Å². The highest BCUT2D eigenvalue weighted by atomic mass is 35.5. The summed E-state index contributed by atoms with van der Waals surface area (Å²) in [6.07, 6.45) is 0. The van der Waals surface area contributed by atoms with Gasteiger partial charge in [-0.15, -0.1) is 0 Å². The number of anilines is 1. The molecule has 0 radical (unpaired) electrons. The van der Waals surface area contributed by atoms with Gasteiger partial charge >= 0.3 is 5.97 Å². The Morgan fingerprint density at radius 2 is 1.89 bits per heavy atom. The molecule has 0 saturated heterocycles. The van der Waals surface area contributed by atoms with Gasteiger partial charge in [-0.2, -0.15) is 0 Å². The van der Waals surface area contributed by atoms with Crippen molar-refractivity contribution in [3.63, 3.8) is 0 Å². The van der Waals surface area contributed by atoms with Gasteiger partial charge in [-0.05, 0) is 37.1 Å². The number of esters is 1. The predicted octanol–water partition coefficient (Wildman–Crippen LogP) is 3.59. The molecule has 6 nitrogen and oxygen atoms in total. The molecule has 2 aromatic carbocycles. The summed E-state index contributed by atoms with van der Waals surface area (Å²) in [5, 5.41) is 3.60. The lowest BCUT2D eigenvalue weighted by Crippen LogP contribution is -2.22. The van der Waals surface area contributed by atoms with E-state index in [1.54, 1.807) is 30.3 Å². The van der Waals surface area contributed by atoms with E-state index in [4.69, 9.17) is 16.3 Å². The van der Waals surface area contributed by atoms with E-state index in [0.717, 1.165) is 17.2 Å². The number of rotatable bonds is 4. The van der Waals surface area contributed by atoms with Crippen molar-refractivity contribution in [1.82, 2.24) is 4.98 Å². The maximum absolute atomic E-state index is 12.4. The number of aromatic amines is 1. The second kappa shape index (κ2) is 7.63. The van der Waals surface area contributed by atoms with Crippen LogP contribution in [0.5, 0.6) is 0 Å². The highest BCUT2D eigenvalue weighted by Crippen LogP contribution is 2.27. The molecule has 0 saturated carbocycles. The van der Waals surface area contributed by atoms with Gasteiger partial charge < -0.3 is 15.0 Å². The zero-order chi connectivity index (χ0) is 19.6. The molecular weight excluding hydrogens is 368 g/mol. The first-order valence-electron chi connectivity index (χ1n) is 8.21. The standard InChI is InChI=1S/C20H17ClN2O4/c1-11-7-12(2)19(15(21)8-11)23-18(25)10-27-20(26)14-9-17(24)22-16-6-4-3-5-13(14)16/h3-9H,10H2,1-2H3,(H,22,24)(H,23,25). The molecule has 3 rings (SSSR count). The summed E-state index contributed by atoms with van der Waals surface area (Å²) in [5.41, 5.74) is 2.45. The molecule has 0 aliphatic heterocycles. The zero-order valence-corrected chi connectivity index (χ0v) is 15.5. The van der Waals surface area contributed by atoms with Crippen molar-refractivity contribution < 1.29 is 14.3 Å². The van der Waals surface area contributed by atoms with Gasteiger partial charge in [0.25, 0.3) is 5.91 Å². The minimum atomic E-state index is -0.751. The van der Waals surface area contributed by atoms with Crippen LogP contribution in [-0.2, 0) is 9.53 Å². The number of pyridine rings is 1. The zero-order valence-electron chi connectivity index (χ0n) is 14.8. The number of hydrogen-bond donors (Lipinski definition) is 2. The SMILES string of the molecule is Cc1cc(C)c(NC(=O)COC(=O)c2cc(=O)[nH]c3ccccc23)c(Cl)c1. The van der Waals surface area contributed by atoms with Crippen LogP contribution in [0.2, 0.25) is 5.02 Å². The summed E-state index contributed by atoms with van der Waals surface area (Å²) >= 11 is 6.16. The Hall–Kier alpha value is -3.12. The number of carbonyl (C=O) groups is 2. The average molecular weight is 385 g/mol. The van der Waals surface area contributed by atoms with E-state index < -0.39 is 24.0 Å². The lowest BCUT2D eigenvalue weighted by Gasteiger charge is -2.12. The van der Waals surface area contributed by atoms with Crippen molar-refractivity contribution in [2.45, 2.75) is 13.8 Å². The molecule has 7 heteroatoms. The Morgan fingerprint density at radius 3 is 2.63 bits per heavy atom. The maximum Gasteiger partial charge on any atom is 0.339 e. The van der Waals surface area contributed by atoms with Crippen LogP contribution in [0.25, 0.3) is 10.9 Å². The maximum atomic E-state index is 12.4. The summed E-state index contributed by atoms with van der Waals surface area (Å²) in [6, 6.07) is 11.6. The van der Waals surface area contributed by atoms with Crippen LogP contribution in [0, 0.1) is 13.8 Å². The second-order valence-corrected chi connectivity index (χ2v) is 6.56. The molecule has 27 heavy (non-hydrogen) atoms. The molecule has 2 N–H and O–H groups in total. The van der Waals surface area contributed by atoms with Gasteiger partial charge in [0.15, 0.2) is 6.61 Å². The molecule has 138 valence electrons. The van der Waals surface area contributed by atoms with Gasteiger partial charge in [-0.3, -0.25) is 9.59 Å². The number of H-pyrrole nitrogens is 1. The van der Waals surface area contributed by atoms with E-state index >= 15 is 0 Å². The number of aromatic nitrogens is 1. The van der Waals surface area contributed by atoms with E-state index in [-0.39, 0.29) is 5.56 Å². The first-order chi connectivity index (χ1) is 12.8. The molecular formula is C20H17ClN2O4. The Bertz CT molecular complexity index is 1080. The highest BCUT2D eigenvalue weighted by molar-refractivity contribution is 6.34. The molecule has 0 unspecified atom stereocenters. The third kappa shape index (κ3) is 4.17. The number of halogens is 1. The van der Waals surface area contributed by atoms with Crippen LogP contribution in [0.1, 0.15) is 21.5 Å². The number of benzene rings is 2. The summed E-state index contributed by atoms with van der Waals surface area (Å²) in [5.74, 6) is -1.27. The van der Waals surface area contributed by atoms with Gasteiger partial charge in [-0.25, -0.2) is 4.79 Å². The quantitative estimate of drug-likeness (QED) is 0.673. The Kier molecular flexibility index (Phi) is 5.28. The van der Waals surface area contributed by atoms with Crippen molar-refractivity contribution in [1.29, 1.82) is 0 Å². The van der Waals surface area contributed by atoms with Crippen LogP contribution >= 0.6 is 11.6 Å². The van der Waals surface area contributed by atoms with Crippen LogP contribution in [0.15, 0.2) is 47.3 Å². The normalized spacial score (nSPS) is 10.6. The molecule has 1 heterocycles. The van der Waals surface area contributed by atoms with E-state index in [1.807, 2.05) is 19.9 Å². The predicted molar refractivity (Wildman–Crippen MR) is 104 cm³/mol. The van der Waals surface area contributed by atoms with Crippen molar-refractivity contribution in [3.05, 3.63) is 74.5 Å². The lowest BCUT2D eigenvalue weighted by molar-refractivity contribution is -0.119. The molecule has 0 fully saturated rings. The molecule has 0 spiro atoms. The van der Waals surface area contributed by atoms with E-state index in [1.165, 1.54) is 0 Å². The number of aryl methyl sites for hydroxylation is 2. The topological polar surface area (TPSA) is 88.3 Å². The Balaban J connectivity index is 1.73. The third-order valence-corrected chi connectivity index (χ3v) is 4.30. The molecule has 1 aromatic heterocycles. The fraction of sp³-hybridized carbons (Fsp3) is 0.150. The van der Waals surface area contributed by atoms with Crippen LogP contribution in [-0.4, -0.2) is 23.5 Å². The summed E-state index contributed by atoms with van der Waals surface area (Å²) in [6.45, 7) is 3.23. The largest absolute Gasteiger partial charge is 0.452 e. The molecule has 0 aliphatic rings. The number of hydrogen-bond acceptors (Lipinski definition) is 4. The highest BCUT2D eigenvalue weighted by Gasteiger charge is 2.16. The van der Waals surface area contributed by atoms with E-state index in [9.17, 15) is 14.4 Å². The van der Waals surface area contributed by atoms with Gasteiger partial charge in [0.2, 0.25) is 5.56 Å². The van der Waals surface area contributed by atoms with Crippen molar-refractivity contribution in [2.75, 3.05) is 11.9 Å². The monoisotopic (exact) mass is 384 g/mol. The number of amides is 1.